The third-order valence-corrected chi connectivity index (χ3v) is 2.74. The summed E-state index contributed by atoms with van der Waals surface area (Å²) in [6.07, 6.45) is -0.713. The van der Waals surface area contributed by atoms with Gasteiger partial charge in [0, 0.05) is 0 Å². The van der Waals surface area contributed by atoms with Gasteiger partial charge in [-0.15, -0.1) is 0 Å². The second kappa shape index (κ2) is 5.71. The van der Waals surface area contributed by atoms with E-state index in [-0.39, 0.29) is 18.1 Å². The lowest BCUT2D eigenvalue weighted by Gasteiger charge is -2.10. The Labute approximate surface area is 110 Å². The summed E-state index contributed by atoms with van der Waals surface area (Å²) < 4.78 is 19.1. The highest BCUT2D eigenvalue weighted by Crippen LogP contribution is 2.23. The summed E-state index contributed by atoms with van der Waals surface area (Å²) >= 11 is 0. The molecule has 4 heteroatoms. The zero-order valence-electron chi connectivity index (χ0n) is 10.5. The Kier molecular flexibility index (Phi) is 4.02. The van der Waals surface area contributed by atoms with Crippen LogP contribution < -0.4 is 4.74 Å². The average molecular weight is 262 g/mol. The first-order valence-corrected chi connectivity index (χ1v) is 5.94. The second-order valence-electron chi connectivity index (χ2n) is 4.32. The molecule has 0 bridgehead atoms. The molecule has 2 aromatic rings. The minimum atomic E-state index is -0.713. The van der Waals surface area contributed by atoms with Gasteiger partial charge in [-0.25, -0.2) is 4.39 Å². The van der Waals surface area contributed by atoms with Gasteiger partial charge >= 0.3 is 0 Å². The summed E-state index contributed by atoms with van der Waals surface area (Å²) in [4.78, 5) is 0. The lowest BCUT2D eigenvalue weighted by molar-refractivity contribution is 0.198. The molecule has 0 aromatic heterocycles. The number of rotatable bonds is 4. The van der Waals surface area contributed by atoms with E-state index in [4.69, 9.17) is 4.74 Å². The molecule has 0 spiro atoms. The molecule has 0 unspecified atom stereocenters. The Bertz CT molecular complexity index is 567. The number of hydrogen-bond acceptors (Lipinski definition) is 3. The number of phenolic OH excluding ortho intramolecular Hbond substituents is 1. The minimum Gasteiger partial charge on any atom is -0.508 e. The number of halogens is 1. The van der Waals surface area contributed by atoms with Crippen LogP contribution >= 0.6 is 0 Å². The van der Waals surface area contributed by atoms with Gasteiger partial charge in [0.15, 0.2) is 11.6 Å². The number of hydrogen-bond donors (Lipinski definition) is 2. The Hall–Kier alpha value is -2.07. The number of ether oxygens (including phenoxy) is 1. The summed E-state index contributed by atoms with van der Waals surface area (Å²) in [6.45, 7) is 1.74. The summed E-state index contributed by atoms with van der Waals surface area (Å²) in [5.74, 6) is -0.252. The second-order valence-corrected chi connectivity index (χ2v) is 4.32. The topological polar surface area (TPSA) is 49.7 Å². The van der Waals surface area contributed by atoms with E-state index in [0.29, 0.717) is 5.56 Å². The van der Waals surface area contributed by atoms with Crippen LogP contribution in [0.15, 0.2) is 42.5 Å². The largest absolute Gasteiger partial charge is 0.508 e. The van der Waals surface area contributed by atoms with Crippen LogP contribution in [0.2, 0.25) is 0 Å². The van der Waals surface area contributed by atoms with Gasteiger partial charge in [0.2, 0.25) is 0 Å². The summed E-state index contributed by atoms with van der Waals surface area (Å²) in [5, 5.41) is 18.6. The molecule has 3 nitrogen and oxygen atoms in total. The quantitative estimate of drug-likeness (QED) is 0.889. The van der Waals surface area contributed by atoms with E-state index in [9.17, 15) is 14.6 Å². The van der Waals surface area contributed by atoms with Gasteiger partial charge in [0.25, 0.3) is 0 Å². The molecule has 0 amide bonds. The van der Waals surface area contributed by atoms with Crippen LogP contribution in [0.3, 0.4) is 0 Å². The van der Waals surface area contributed by atoms with Gasteiger partial charge in [-0.2, -0.15) is 0 Å². The van der Waals surface area contributed by atoms with Crippen LogP contribution in [0.4, 0.5) is 4.39 Å². The monoisotopic (exact) mass is 262 g/mol. The molecule has 0 saturated heterocycles. The van der Waals surface area contributed by atoms with Crippen LogP contribution in [-0.2, 0) is 6.61 Å². The summed E-state index contributed by atoms with van der Waals surface area (Å²) in [5.41, 5.74) is 1.25. The Morgan fingerprint density at radius 3 is 2.63 bits per heavy atom. The number of aromatic hydroxyl groups is 1. The van der Waals surface area contributed by atoms with Crippen molar-refractivity contribution >= 4 is 0 Å². The first kappa shape index (κ1) is 13.4. The van der Waals surface area contributed by atoms with E-state index in [0.717, 1.165) is 5.56 Å². The lowest BCUT2D eigenvalue weighted by Crippen LogP contribution is -1.99. The fourth-order valence-electron chi connectivity index (χ4n) is 1.70. The zero-order chi connectivity index (χ0) is 13.8. The van der Waals surface area contributed by atoms with Gasteiger partial charge in [0.1, 0.15) is 12.4 Å². The van der Waals surface area contributed by atoms with Crippen molar-refractivity contribution in [3.8, 4) is 11.5 Å². The molecule has 1 atom stereocenters. The van der Waals surface area contributed by atoms with Gasteiger partial charge in [-0.1, -0.05) is 18.2 Å². The SMILES string of the molecule is C[C@@H](O)c1ccc(OCc2cccc(O)c2)c(F)c1. The molecule has 0 aliphatic rings. The summed E-state index contributed by atoms with van der Waals surface area (Å²) in [6, 6.07) is 10.9. The third kappa shape index (κ3) is 3.45. The Morgan fingerprint density at radius 2 is 2.00 bits per heavy atom. The number of aliphatic hydroxyl groups excluding tert-OH is 1. The maximum atomic E-state index is 13.7. The molecule has 0 saturated carbocycles. The molecule has 100 valence electrons. The van der Waals surface area contributed by atoms with E-state index in [2.05, 4.69) is 0 Å². The molecule has 0 aliphatic heterocycles. The van der Waals surface area contributed by atoms with Crippen molar-refractivity contribution in [2.45, 2.75) is 19.6 Å². The fourth-order valence-corrected chi connectivity index (χ4v) is 1.70. The van der Waals surface area contributed by atoms with E-state index < -0.39 is 11.9 Å². The van der Waals surface area contributed by atoms with Gasteiger partial charge in [0.05, 0.1) is 6.10 Å². The summed E-state index contributed by atoms with van der Waals surface area (Å²) in [7, 11) is 0. The number of phenols is 1. The molecular formula is C15H15FO3. The van der Waals surface area contributed by atoms with Crippen molar-refractivity contribution in [2.24, 2.45) is 0 Å². The maximum absolute atomic E-state index is 13.7. The Morgan fingerprint density at radius 1 is 1.21 bits per heavy atom. The van der Waals surface area contributed by atoms with E-state index in [1.807, 2.05) is 0 Å². The van der Waals surface area contributed by atoms with Crippen LogP contribution in [0.5, 0.6) is 11.5 Å². The van der Waals surface area contributed by atoms with E-state index in [1.54, 1.807) is 37.3 Å². The molecular weight excluding hydrogens is 247 g/mol. The molecule has 2 rings (SSSR count). The van der Waals surface area contributed by atoms with Crippen molar-refractivity contribution in [1.29, 1.82) is 0 Å². The highest BCUT2D eigenvalue weighted by Gasteiger charge is 2.08. The van der Waals surface area contributed by atoms with Crippen LogP contribution in [-0.4, -0.2) is 10.2 Å². The van der Waals surface area contributed by atoms with E-state index in [1.165, 1.54) is 12.1 Å². The Balaban J connectivity index is 2.07. The van der Waals surface area contributed by atoms with Crippen LogP contribution in [0, 0.1) is 5.82 Å². The van der Waals surface area contributed by atoms with Crippen LogP contribution in [0.25, 0.3) is 0 Å². The standard InChI is InChI=1S/C15H15FO3/c1-10(17)12-5-6-15(14(16)8-12)19-9-11-3-2-4-13(18)7-11/h2-8,10,17-18H,9H2,1H3/t10-/m1/s1. The van der Waals surface area contributed by atoms with Crippen molar-refractivity contribution in [1.82, 2.24) is 0 Å². The van der Waals surface area contributed by atoms with E-state index >= 15 is 0 Å². The number of benzene rings is 2. The minimum absolute atomic E-state index is 0.118. The molecule has 19 heavy (non-hydrogen) atoms. The van der Waals surface area contributed by atoms with Crippen molar-refractivity contribution in [3.63, 3.8) is 0 Å². The van der Waals surface area contributed by atoms with Gasteiger partial charge in [-0.3, -0.25) is 0 Å². The first-order valence-electron chi connectivity index (χ1n) is 5.94. The predicted octanol–water partition coefficient (Wildman–Crippen LogP) is 3.16. The molecule has 0 aliphatic carbocycles. The predicted molar refractivity (Wildman–Crippen MR) is 69.5 cm³/mol. The molecule has 2 aromatic carbocycles. The third-order valence-electron chi connectivity index (χ3n) is 2.74. The fraction of sp³-hybridized carbons (Fsp3) is 0.200. The van der Waals surface area contributed by atoms with Crippen molar-refractivity contribution in [2.75, 3.05) is 0 Å². The van der Waals surface area contributed by atoms with Gasteiger partial charge in [-0.05, 0) is 42.3 Å². The average Bonchev–Trinajstić information content (AvgIpc) is 2.37. The molecule has 2 N–H and O–H groups in total. The molecule has 0 heterocycles. The van der Waals surface area contributed by atoms with Crippen molar-refractivity contribution in [3.05, 3.63) is 59.4 Å². The maximum Gasteiger partial charge on any atom is 0.165 e. The van der Waals surface area contributed by atoms with Crippen molar-refractivity contribution < 1.29 is 19.3 Å². The highest BCUT2D eigenvalue weighted by molar-refractivity contribution is 5.31. The zero-order valence-corrected chi connectivity index (χ0v) is 10.5. The molecule has 0 radical (unpaired) electrons. The smallest absolute Gasteiger partial charge is 0.165 e. The van der Waals surface area contributed by atoms with Crippen LogP contribution in [0.1, 0.15) is 24.2 Å². The normalized spacial score (nSPS) is 12.2. The first-order chi connectivity index (χ1) is 9.06. The number of aliphatic hydroxyl groups is 1. The molecule has 0 fully saturated rings. The lowest BCUT2D eigenvalue weighted by atomic mass is 10.1. The highest BCUT2D eigenvalue weighted by atomic mass is 19.1. The van der Waals surface area contributed by atoms with Gasteiger partial charge < -0.3 is 14.9 Å².